The smallest absolute Gasteiger partial charge is 0.181 e. The van der Waals surface area contributed by atoms with E-state index in [1.165, 1.54) is 31.1 Å². The molecule has 1 aliphatic heterocycles. The average molecular weight is 411 g/mol. The Morgan fingerprint density at radius 2 is 1.68 bits per heavy atom. The molecule has 154 valence electrons. The van der Waals surface area contributed by atoms with Crippen molar-refractivity contribution in [3.63, 3.8) is 0 Å². The Morgan fingerprint density at radius 3 is 2.55 bits per heavy atom. The van der Waals surface area contributed by atoms with E-state index in [4.69, 9.17) is 0 Å². The van der Waals surface area contributed by atoms with Gasteiger partial charge >= 0.3 is 0 Å². The van der Waals surface area contributed by atoms with E-state index < -0.39 is 0 Å². The highest BCUT2D eigenvalue weighted by atomic mass is 16.3. The number of fused-ring (bicyclic) bond motifs is 2. The van der Waals surface area contributed by atoms with Crippen molar-refractivity contribution >= 4 is 27.6 Å². The monoisotopic (exact) mass is 411 g/mol. The van der Waals surface area contributed by atoms with Gasteiger partial charge in [-0.3, -0.25) is 15.1 Å². The minimum atomic E-state index is 0.123. The standard InChI is InChI=1S/C23H21N7O/c31-16-6-14(9-24-11-16)15-7-18-22(28-29-23(18)26-10-15)19-8-17-20(27-19)12-25-13-21(17)30-4-2-1-3-5-30/h6-13,27,31H,1-5H2,(H,26,28,29). The number of anilines is 1. The molecule has 0 aliphatic carbocycles. The molecule has 0 amide bonds. The van der Waals surface area contributed by atoms with Crippen molar-refractivity contribution < 1.29 is 5.11 Å². The fourth-order valence-electron chi connectivity index (χ4n) is 4.41. The minimum Gasteiger partial charge on any atom is -0.506 e. The van der Waals surface area contributed by atoms with Crippen LogP contribution in [0.1, 0.15) is 19.3 Å². The SMILES string of the molecule is Oc1cncc(-c2cnc3n[nH]c(-c4cc5c(N6CCCCC6)cncc5[nH]4)c3c2)c1. The first-order chi connectivity index (χ1) is 15.3. The van der Waals surface area contributed by atoms with Gasteiger partial charge in [0.1, 0.15) is 5.75 Å². The second-order valence-electron chi connectivity index (χ2n) is 7.98. The molecule has 1 aliphatic rings. The Bertz CT molecular complexity index is 1400. The third kappa shape index (κ3) is 3.07. The third-order valence-electron chi connectivity index (χ3n) is 5.96. The Labute approximate surface area is 178 Å². The van der Waals surface area contributed by atoms with Crippen LogP contribution in [0.15, 0.2) is 49.2 Å². The number of aromatic hydroxyl groups is 1. The minimum absolute atomic E-state index is 0.123. The van der Waals surface area contributed by atoms with E-state index in [9.17, 15) is 5.11 Å². The van der Waals surface area contributed by atoms with Crippen molar-refractivity contribution in [1.29, 1.82) is 0 Å². The van der Waals surface area contributed by atoms with Crippen LogP contribution in [0.5, 0.6) is 5.75 Å². The van der Waals surface area contributed by atoms with E-state index in [2.05, 4.69) is 41.1 Å². The Kier molecular flexibility index (Phi) is 4.09. The van der Waals surface area contributed by atoms with Crippen LogP contribution in [0.4, 0.5) is 5.69 Å². The Balaban J connectivity index is 1.46. The van der Waals surface area contributed by atoms with E-state index in [0.29, 0.717) is 5.65 Å². The molecule has 1 saturated heterocycles. The summed E-state index contributed by atoms with van der Waals surface area (Å²) >= 11 is 0. The molecule has 0 atom stereocenters. The number of H-pyrrole nitrogens is 2. The van der Waals surface area contributed by atoms with Crippen molar-refractivity contribution in [2.24, 2.45) is 0 Å². The first-order valence-corrected chi connectivity index (χ1v) is 10.5. The molecule has 6 rings (SSSR count). The second-order valence-corrected chi connectivity index (χ2v) is 7.98. The second kappa shape index (κ2) is 7.09. The van der Waals surface area contributed by atoms with E-state index in [1.54, 1.807) is 18.5 Å². The number of rotatable bonds is 3. The lowest BCUT2D eigenvalue weighted by Gasteiger charge is -2.28. The summed E-state index contributed by atoms with van der Waals surface area (Å²) < 4.78 is 0. The van der Waals surface area contributed by atoms with Crippen LogP contribution in [-0.4, -0.2) is 48.3 Å². The molecule has 0 saturated carbocycles. The van der Waals surface area contributed by atoms with Crippen LogP contribution in [0.3, 0.4) is 0 Å². The van der Waals surface area contributed by atoms with Crippen molar-refractivity contribution in [2.75, 3.05) is 18.0 Å². The molecule has 31 heavy (non-hydrogen) atoms. The number of nitrogens with one attached hydrogen (secondary N) is 2. The van der Waals surface area contributed by atoms with Crippen LogP contribution in [0, 0.1) is 0 Å². The number of aromatic amines is 2. The molecular formula is C23H21N7O. The Morgan fingerprint density at radius 1 is 0.839 bits per heavy atom. The fourth-order valence-corrected chi connectivity index (χ4v) is 4.41. The summed E-state index contributed by atoms with van der Waals surface area (Å²) in [6, 6.07) is 5.86. The number of pyridine rings is 3. The first kappa shape index (κ1) is 17.9. The maximum Gasteiger partial charge on any atom is 0.181 e. The summed E-state index contributed by atoms with van der Waals surface area (Å²) in [5, 5.41) is 19.4. The van der Waals surface area contributed by atoms with Crippen molar-refractivity contribution in [3.05, 3.63) is 49.2 Å². The number of hydrogen-bond donors (Lipinski definition) is 3. The van der Waals surface area contributed by atoms with Gasteiger partial charge < -0.3 is 15.0 Å². The molecule has 1 fully saturated rings. The van der Waals surface area contributed by atoms with E-state index in [0.717, 1.165) is 51.9 Å². The third-order valence-corrected chi connectivity index (χ3v) is 5.96. The Hall–Kier alpha value is -3.94. The van der Waals surface area contributed by atoms with Gasteiger partial charge in [-0.1, -0.05) is 0 Å². The zero-order valence-corrected chi connectivity index (χ0v) is 16.8. The van der Waals surface area contributed by atoms with Gasteiger partial charge in [0.05, 0.1) is 41.2 Å². The van der Waals surface area contributed by atoms with Crippen LogP contribution >= 0.6 is 0 Å². The number of hydrogen-bond acceptors (Lipinski definition) is 6. The van der Waals surface area contributed by atoms with Crippen LogP contribution < -0.4 is 4.90 Å². The molecule has 0 unspecified atom stereocenters. The largest absolute Gasteiger partial charge is 0.506 e. The highest BCUT2D eigenvalue weighted by Gasteiger charge is 2.18. The predicted octanol–water partition coefficient (Wildman–Crippen LogP) is 4.26. The highest BCUT2D eigenvalue weighted by molar-refractivity contribution is 5.99. The lowest BCUT2D eigenvalue weighted by Crippen LogP contribution is -2.29. The predicted molar refractivity (Wildman–Crippen MR) is 120 cm³/mol. The van der Waals surface area contributed by atoms with Gasteiger partial charge in [0.15, 0.2) is 5.65 Å². The summed E-state index contributed by atoms with van der Waals surface area (Å²) in [6.45, 7) is 2.14. The van der Waals surface area contributed by atoms with Crippen LogP contribution in [0.25, 0.3) is 44.5 Å². The van der Waals surface area contributed by atoms with Gasteiger partial charge in [0.25, 0.3) is 0 Å². The molecule has 8 heteroatoms. The quantitative estimate of drug-likeness (QED) is 0.410. The molecule has 8 nitrogen and oxygen atoms in total. The van der Waals surface area contributed by atoms with Crippen LogP contribution in [0.2, 0.25) is 0 Å². The molecule has 6 heterocycles. The topological polar surface area (TPSA) is 107 Å². The molecule has 0 radical (unpaired) electrons. The van der Waals surface area contributed by atoms with E-state index in [1.807, 2.05) is 18.5 Å². The molecule has 3 N–H and O–H groups in total. The fraction of sp³-hybridized carbons (Fsp3) is 0.217. The lowest BCUT2D eigenvalue weighted by molar-refractivity contribution is 0.473. The van der Waals surface area contributed by atoms with E-state index in [-0.39, 0.29) is 5.75 Å². The van der Waals surface area contributed by atoms with E-state index >= 15 is 0 Å². The lowest BCUT2D eigenvalue weighted by atomic mass is 10.1. The van der Waals surface area contributed by atoms with Crippen molar-refractivity contribution in [2.45, 2.75) is 19.3 Å². The zero-order valence-electron chi connectivity index (χ0n) is 16.8. The summed E-state index contributed by atoms with van der Waals surface area (Å²) in [4.78, 5) is 19.0. The first-order valence-electron chi connectivity index (χ1n) is 10.5. The van der Waals surface area contributed by atoms with Gasteiger partial charge in [0.2, 0.25) is 0 Å². The highest BCUT2D eigenvalue weighted by Crippen LogP contribution is 2.34. The molecule has 5 aromatic rings. The van der Waals surface area contributed by atoms with Gasteiger partial charge in [0, 0.05) is 47.4 Å². The maximum absolute atomic E-state index is 9.78. The average Bonchev–Trinajstić information content (AvgIpc) is 3.43. The molecule has 5 aromatic heterocycles. The number of nitrogens with zero attached hydrogens (tertiary/aromatic N) is 5. The van der Waals surface area contributed by atoms with Gasteiger partial charge in [-0.05, 0) is 37.5 Å². The summed E-state index contributed by atoms with van der Waals surface area (Å²) in [6.07, 6.45) is 12.4. The van der Waals surface area contributed by atoms with Gasteiger partial charge in [-0.2, -0.15) is 5.10 Å². The molecule has 0 spiro atoms. The number of piperidine rings is 1. The van der Waals surface area contributed by atoms with Crippen molar-refractivity contribution in [1.82, 2.24) is 30.1 Å². The normalized spacial score (nSPS) is 14.5. The molecule has 0 aromatic carbocycles. The van der Waals surface area contributed by atoms with Crippen molar-refractivity contribution in [3.8, 4) is 28.3 Å². The number of aromatic nitrogens is 6. The van der Waals surface area contributed by atoms with Gasteiger partial charge in [-0.15, -0.1) is 0 Å². The van der Waals surface area contributed by atoms with Crippen LogP contribution in [-0.2, 0) is 0 Å². The maximum atomic E-state index is 9.78. The molecule has 0 bridgehead atoms. The zero-order chi connectivity index (χ0) is 20.8. The van der Waals surface area contributed by atoms with Gasteiger partial charge in [-0.25, -0.2) is 4.98 Å². The summed E-state index contributed by atoms with van der Waals surface area (Å²) in [5.41, 5.74) is 6.30. The summed E-state index contributed by atoms with van der Waals surface area (Å²) in [5.74, 6) is 0.123. The summed E-state index contributed by atoms with van der Waals surface area (Å²) in [7, 11) is 0. The molecular weight excluding hydrogens is 390 g/mol.